The minimum atomic E-state index is -1.44. The van der Waals surface area contributed by atoms with Gasteiger partial charge in [0.1, 0.15) is 5.54 Å². The summed E-state index contributed by atoms with van der Waals surface area (Å²) in [5.74, 6) is -1.61. The molecule has 1 aromatic rings. The van der Waals surface area contributed by atoms with Gasteiger partial charge in [-0.3, -0.25) is 4.79 Å². The van der Waals surface area contributed by atoms with Crippen molar-refractivity contribution in [1.82, 2.24) is 5.32 Å². The molecule has 0 aliphatic heterocycles. The molecule has 0 aliphatic rings. The zero-order chi connectivity index (χ0) is 16.8. The highest BCUT2D eigenvalue weighted by atomic mass is 16.5. The lowest BCUT2D eigenvalue weighted by atomic mass is 9.90. The Morgan fingerprint density at radius 1 is 1.36 bits per heavy atom. The third-order valence-corrected chi connectivity index (χ3v) is 3.47. The minimum absolute atomic E-state index is 0.105. The molecule has 2 atom stereocenters. The normalized spacial score (nSPS) is 14.5. The van der Waals surface area contributed by atoms with Crippen LogP contribution in [0.5, 0.6) is 0 Å². The van der Waals surface area contributed by atoms with Gasteiger partial charge in [0.15, 0.2) is 12.7 Å². The van der Waals surface area contributed by atoms with E-state index < -0.39 is 30.1 Å². The quantitative estimate of drug-likeness (QED) is 0.772. The van der Waals surface area contributed by atoms with Crippen LogP contribution < -0.4 is 5.32 Å². The molecule has 0 heterocycles. The summed E-state index contributed by atoms with van der Waals surface area (Å²) in [5.41, 5.74) is -0.654. The number of benzene rings is 1. The molecule has 22 heavy (non-hydrogen) atoms. The molecule has 0 radical (unpaired) electrons. The van der Waals surface area contributed by atoms with E-state index in [1.807, 2.05) is 6.07 Å². The number of ether oxygens (including phenoxy) is 1. The van der Waals surface area contributed by atoms with Gasteiger partial charge in [-0.15, -0.1) is 0 Å². The molecule has 2 N–H and O–H groups in total. The summed E-state index contributed by atoms with van der Waals surface area (Å²) < 4.78 is 4.78. The number of nitriles is 1. The van der Waals surface area contributed by atoms with Crippen molar-refractivity contribution in [3.8, 4) is 6.07 Å². The molecule has 0 fully saturated rings. The molecule has 0 unspecified atom stereocenters. The Kier molecular flexibility index (Phi) is 6.08. The first-order valence-corrected chi connectivity index (χ1v) is 6.92. The Bertz CT molecular complexity index is 565. The van der Waals surface area contributed by atoms with Crippen molar-refractivity contribution in [1.29, 1.82) is 5.26 Å². The average molecular weight is 304 g/mol. The fourth-order valence-electron chi connectivity index (χ4n) is 1.61. The second-order valence-electron chi connectivity index (χ2n) is 5.44. The van der Waals surface area contributed by atoms with Crippen molar-refractivity contribution in [2.75, 3.05) is 6.61 Å². The van der Waals surface area contributed by atoms with Crippen molar-refractivity contribution in [2.45, 2.75) is 32.4 Å². The molecule has 0 saturated heterocycles. The highest BCUT2D eigenvalue weighted by Gasteiger charge is 2.30. The van der Waals surface area contributed by atoms with Crippen LogP contribution in [-0.4, -0.2) is 29.1 Å². The van der Waals surface area contributed by atoms with Gasteiger partial charge < -0.3 is 15.2 Å². The number of rotatable bonds is 6. The maximum atomic E-state index is 11.8. The monoisotopic (exact) mass is 304 g/mol. The Hall–Kier alpha value is -2.39. The summed E-state index contributed by atoms with van der Waals surface area (Å²) in [6.45, 7) is 4.65. The molecule has 0 aromatic heterocycles. The fourth-order valence-corrected chi connectivity index (χ4v) is 1.61. The molecule has 0 spiro atoms. The zero-order valence-corrected chi connectivity index (χ0v) is 12.9. The second-order valence-corrected chi connectivity index (χ2v) is 5.44. The number of nitrogens with zero attached hydrogens (tertiary/aromatic N) is 1. The summed E-state index contributed by atoms with van der Waals surface area (Å²) in [6, 6.07) is 10.3. The lowest BCUT2D eigenvalue weighted by molar-refractivity contribution is -0.157. The van der Waals surface area contributed by atoms with Gasteiger partial charge in [-0.25, -0.2) is 4.79 Å². The van der Waals surface area contributed by atoms with E-state index in [1.165, 1.54) is 0 Å². The number of amides is 1. The van der Waals surface area contributed by atoms with Crippen LogP contribution in [0.25, 0.3) is 0 Å². The van der Waals surface area contributed by atoms with Crippen LogP contribution in [0, 0.1) is 17.2 Å². The Balaban J connectivity index is 2.54. The Morgan fingerprint density at radius 2 is 1.95 bits per heavy atom. The largest absolute Gasteiger partial charge is 0.453 e. The fraction of sp³-hybridized carbons (Fsp3) is 0.438. The van der Waals surface area contributed by atoms with Gasteiger partial charge in [0.25, 0.3) is 5.91 Å². The molecule has 6 nitrogen and oxygen atoms in total. The third-order valence-electron chi connectivity index (χ3n) is 3.47. The van der Waals surface area contributed by atoms with Crippen molar-refractivity contribution in [2.24, 2.45) is 5.92 Å². The van der Waals surface area contributed by atoms with E-state index in [0.29, 0.717) is 5.56 Å². The molecule has 0 bridgehead atoms. The number of nitrogens with one attached hydrogen (secondary N) is 1. The zero-order valence-electron chi connectivity index (χ0n) is 12.9. The van der Waals surface area contributed by atoms with E-state index in [-0.39, 0.29) is 5.92 Å². The second kappa shape index (κ2) is 7.57. The number of hydrogen-bond acceptors (Lipinski definition) is 5. The summed E-state index contributed by atoms with van der Waals surface area (Å²) in [4.78, 5) is 23.5. The van der Waals surface area contributed by atoms with Gasteiger partial charge in [0.2, 0.25) is 0 Å². The van der Waals surface area contributed by atoms with E-state index in [0.717, 1.165) is 0 Å². The molecule has 0 aliphatic carbocycles. The minimum Gasteiger partial charge on any atom is -0.453 e. The van der Waals surface area contributed by atoms with Crippen molar-refractivity contribution >= 4 is 11.9 Å². The van der Waals surface area contributed by atoms with Crippen LogP contribution in [0.2, 0.25) is 0 Å². The van der Waals surface area contributed by atoms with Gasteiger partial charge in [0.05, 0.1) is 6.07 Å². The average Bonchev–Trinajstić information content (AvgIpc) is 2.52. The van der Waals surface area contributed by atoms with Crippen molar-refractivity contribution in [3.05, 3.63) is 35.9 Å². The van der Waals surface area contributed by atoms with Gasteiger partial charge in [-0.2, -0.15) is 5.26 Å². The lowest BCUT2D eigenvalue weighted by Gasteiger charge is -2.27. The van der Waals surface area contributed by atoms with Crippen LogP contribution in [0.1, 0.15) is 32.4 Å². The molecular weight excluding hydrogens is 284 g/mol. The lowest BCUT2D eigenvalue weighted by Crippen LogP contribution is -2.50. The first-order valence-electron chi connectivity index (χ1n) is 6.92. The van der Waals surface area contributed by atoms with Crippen molar-refractivity contribution in [3.63, 3.8) is 0 Å². The third kappa shape index (κ3) is 4.57. The van der Waals surface area contributed by atoms with Crippen molar-refractivity contribution < 1.29 is 19.4 Å². The van der Waals surface area contributed by atoms with Gasteiger partial charge in [0, 0.05) is 0 Å². The molecule has 118 valence electrons. The number of carbonyl (C=O) groups excluding carboxylic acids is 2. The van der Waals surface area contributed by atoms with Gasteiger partial charge in [-0.05, 0) is 18.4 Å². The molecule has 6 heteroatoms. The predicted molar refractivity (Wildman–Crippen MR) is 79.4 cm³/mol. The standard InChI is InChI=1S/C16H20N2O4/c1-11(2)16(3,10-17)18-13(19)9-22-15(21)14(20)12-7-5-4-6-8-12/h4-8,11,14,20H,9H2,1-3H3,(H,18,19)/t14-,16-/m1/s1. The molecule has 1 amide bonds. The molecule has 0 saturated carbocycles. The summed E-state index contributed by atoms with van der Waals surface area (Å²) in [6.07, 6.45) is -1.44. The highest BCUT2D eigenvalue weighted by molar-refractivity contribution is 5.83. The first-order chi connectivity index (χ1) is 10.3. The smallest absolute Gasteiger partial charge is 0.340 e. The molecular formula is C16H20N2O4. The summed E-state index contributed by atoms with van der Waals surface area (Å²) in [7, 11) is 0. The number of carbonyl (C=O) groups is 2. The molecule has 1 aromatic carbocycles. The highest BCUT2D eigenvalue weighted by Crippen LogP contribution is 2.16. The topological polar surface area (TPSA) is 99.4 Å². The number of hydrogen-bond donors (Lipinski definition) is 2. The molecule has 1 rings (SSSR count). The van der Waals surface area contributed by atoms with Crippen LogP contribution in [0.3, 0.4) is 0 Å². The van der Waals surface area contributed by atoms with Crippen LogP contribution in [-0.2, 0) is 14.3 Å². The summed E-state index contributed by atoms with van der Waals surface area (Å²) in [5, 5.41) is 21.4. The Labute approximate surface area is 129 Å². The Morgan fingerprint density at radius 3 is 2.45 bits per heavy atom. The SMILES string of the molecule is CC(C)[C@@](C)(C#N)NC(=O)COC(=O)[C@H](O)c1ccccc1. The van der Waals surface area contributed by atoms with E-state index in [4.69, 9.17) is 10.00 Å². The van der Waals surface area contributed by atoms with Crippen LogP contribution in [0.4, 0.5) is 0 Å². The van der Waals surface area contributed by atoms with Crippen LogP contribution >= 0.6 is 0 Å². The maximum absolute atomic E-state index is 11.8. The number of aliphatic hydroxyl groups is 1. The van der Waals surface area contributed by atoms with Gasteiger partial charge >= 0.3 is 5.97 Å². The van der Waals surface area contributed by atoms with Crippen LogP contribution in [0.15, 0.2) is 30.3 Å². The number of aliphatic hydroxyl groups excluding tert-OH is 1. The first kappa shape index (κ1) is 17.7. The van der Waals surface area contributed by atoms with E-state index in [1.54, 1.807) is 51.1 Å². The van der Waals surface area contributed by atoms with Gasteiger partial charge in [-0.1, -0.05) is 44.2 Å². The summed E-state index contributed by atoms with van der Waals surface area (Å²) >= 11 is 0. The van der Waals surface area contributed by atoms with E-state index in [9.17, 15) is 14.7 Å². The van der Waals surface area contributed by atoms with E-state index in [2.05, 4.69) is 5.32 Å². The maximum Gasteiger partial charge on any atom is 0.340 e. The predicted octanol–water partition coefficient (Wildman–Crippen LogP) is 1.32. The number of esters is 1. The van der Waals surface area contributed by atoms with E-state index >= 15 is 0 Å².